The van der Waals surface area contributed by atoms with Gasteiger partial charge < -0.3 is 20.3 Å². The number of anilines is 3. The molecule has 1 aliphatic heterocycles. The predicted octanol–water partition coefficient (Wildman–Crippen LogP) is 3.42. The Morgan fingerprint density at radius 3 is 2.71 bits per heavy atom. The average molecular weight is 565 g/mol. The van der Waals surface area contributed by atoms with E-state index in [-0.39, 0.29) is 18.1 Å². The van der Waals surface area contributed by atoms with Crippen molar-refractivity contribution >= 4 is 39.9 Å². The fraction of sp³-hybridized carbons (Fsp3) is 0.321. The molecule has 0 saturated carbocycles. The number of nitrogens with zero attached hydrogens (tertiary/aromatic N) is 6. The molecule has 0 bridgehead atoms. The summed E-state index contributed by atoms with van der Waals surface area (Å²) < 4.78 is 34.5. The van der Waals surface area contributed by atoms with E-state index in [4.69, 9.17) is 4.74 Å². The van der Waals surface area contributed by atoms with Gasteiger partial charge in [0.1, 0.15) is 24.4 Å². The summed E-state index contributed by atoms with van der Waals surface area (Å²) in [6, 6.07) is 9.16. The summed E-state index contributed by atoms with van der Waals surface area (Å²) in [5.41, 5.74) is 1.05. The summed E-state index contributed by atoms with van der Waals surface area (Å²) in [7, 11) is 0. The lowest BCUT2D eigenvalue weighted by atomic mass is 10.2. The van der Waals surface area contributed by atoms with Gasteiger partial charge in [0, 0.05) is 57.3 Å². The van der Waals surface area contributed by atoms with Crippen LogP contribution in [0.1, 0.15) is 13.3 Å². The van der Waals surface area contributed by atoms with Crippen LogP contribution in [0.3, 0.4) is 0 Å². The molecule has 4 aromatic rings. The molecule has 2 aromatic heterocycles. The third kappa shape index (κ3) is 7.11. The summed E-state index contributed by atoms with van der Waals surface area (Å²) in [6.45, 7) is 6.18. The first-order chi connectivity index (χ1) is 19.9. The molecule has 0 radical (unpaired) electrons. The molecule has 2 N–H and O–H groups in total. The van der Waals surface area contributed by atoms with Crippen LogP contribution >= 0.6 is 0 Å². The van der Waals surface area contributed by atoms with Crippen LogP contribution in [0, 0.1) is 11.6 Å². The van der Waals surface area contributed by atoms with Crippen molar-refractivity contribution in [2.75, 3.05) is 50.0 Å². The normalized spacial score (nSPS) is 13.8. The molecule has 0 unspecified atom stereocenters. The largest absolute Gasteiger partial charge is 0.493 e. The molecule has 214 valence electrons. The Morgan fingerprint density at radius 1 is 1.07 bits per heavy atom. The summed E-state index contributed by atoms with van der Waals surface area (Å²) in [4.78, 5) is 36.7. The van der Waals surface area contributed by atoms with Gasteiger partial charge in [-0.05, 0) is 30.7 Å². The van der Waals surface area contributed by atoms with E-state index >= 15 is 0 Å². The van der Waals surface area contributed by atoms with Crippen molar-refractivity contribution in [3.8, 4) is 5.75 Å². The molecule has 2 amide bonds. The number of benzene rings is 2. The molecular formula is C28H30F2N8O3. The SMILES string of the molecule is CC(=O)N1CCN(CCCOc2ccc3c(Nc4cnn(CC(=O)Nc5cccc(F)c5F)c4)ncnc3c2)CC1. The molecule has 2 aromatic carbocycles. The number of carbonyl (C=O) groups excluding carboxylic acids is 2. The van der Waals surface area contributed by atoms with Crippen molar-refractivity contribution < 1.29 is 23.1 Å². The molecule has 1 aliphatic rings. The molecule has 0 atom stereocenters. The van der Waals surface area contributed by atoms with Gasteiger partial charge in [-0.25, -0.2) is 18.7 Å². The quantitative estimate of drug-likeness (QED) is 0.282. The average Bonchev–Trinajstić information content (AvgIpc) is 3.40. The van der Waals surface area contributed by atoms with Crippen molar-refractivity contribution in [1.29, 1.82) is 0 Å². The highest BCUT2D eigenvalue weighted by Crippen LogP contribution is 2.26. The van der Waals surface area contributed by atoms with Crippen LogP contribution in [0.15, 0.2) is 55.1 Å². The van der Waals surface area contributed by atoms with Gasteiger partial charge in [0.25, 0.3) is 0 Å². The van der Waals surface area contributed by atoms with Crippen LogP contribution in [0.4, 0.5) is 26.0 Å². The van der Waals surface area contributed by atoms with E-state index in [0.717, 1.165) is 50.6 Å². The monoisotopic (exact) mass is 564 g/mol. The van der Waals surface area contributed by atoms with E-state index in [1.165, 1.54) is 29.3 Å². The molecule has 41 heavy (non-hydrogen) atoms. The fourth-order valence-electron chi connectivity index (χ4n) is 4.58. The molecular weight excluding hydrogens is 534 g/mol. The van der Waals surface area contributed by atoms with Crippen LogP contribution in [-0.2, 0) is 16.1 Å². The zero-order valence-electron chi connectivity index (χ0n) is 22.5. The van der Waals surface area contributed by atoms with Crippen LogP contribution in [0.5, 0.6) is 5.75 Å². The van der Waals surface area contributed by atoms with Gasteiger partial charge in [0.15, 0.2) is 11.6 Å². The number of rotatable bonds is 10. The number of hydrogen-bond acceptors (Lipinski definition) is 8. The van der Waals surface area contributed by atoms with Gasteiger partial charge in [-0.2, -0.15) is 5.10 Å². The van der Waals surface area contributed by atoms with Crippen molar-refractivity contribution in [3.05, 3.63) is 66.8 Å². The van der Waals surface area contributed by atoms with Gasteiger partial charge in [-0.1, -0.05) is 6.07 Å². The highest BCUT2D eigenvalue weighted by Gasteiger charge is 2.18. The smallest absolute Gasteiger partial charge is 0.246 e. The first-order valence-electron chi connectivity index (χ1n) is 13.2. The van der Waals surface area contributed by atoms with Gasteiger partial charge in [-0.3, -0.25) is 19.2 Å². The van der Waals surface area contributed by atoms with Gasteiger partial charge >= 0.3 is 0 Å². The third-order valence-corrected chi connectivity index (χ3v) is 6.74. The highest BCUT2D eigenvalue weighted by atomic mass is 19.2. The lowest BCUT2D eigenvalue weighted by Crippen LogP contribution is -2.48. The van der Waals surface area contributed by atoms with Gasteiger partial charge in [0.2, 0.25) is 11.8 Å². The second-order valence-electron chi connectivity index (χ2n) is 9.65. The summed E-state index contributed by atoms with van der Waals surface area (Å²) in [5, 5.41) is 10.5. The number of nitrogens with one attached hydrogen (secondary N) is 2. The Bertz CT molecular complexity index is 1540. The second kappa shape index (κ2) is 12.7. The first-order valence-corrected chi connectivity index (χ1v) is 13.2. The maximum atomic E-state index is 13.8. The van der Waals surface area contributed by atoms with E-state index in [9.17, 15) is 18.4 Å². The maximum Gasteiger partial charge on any atom is 0.246 e. The number of hydrogen-bond donors (Lipinski definition) is 2. The Morgan fingerprint density at radius 2 is 1.90 bits per heavy atom. The molecule has 0 spiro atoms. The van der Waals surface area contributed by atoms with Gasteiger partial charge in [0.05, 0.1) is 29.7 Å². The second-order valence-corrected chi connectivity index (χ2v) is 9.65. The lowest BCUT2D eigenvalue weighted by Gasteiger charge is -2.34. The van der Waals surface area contributed by atoms with Crippen molar-refractivity contribution in [2.24, 2.45) is 0 Å². The fourth-order valence-corrected chi connectivity index (χ4v) is 4.58. The Kier molecular flexibility index (Phi) is 8.63. The molecule has 3 heterocycles. The van der Waals surface area contributed by atoms with Crippen molar-refractivity contribution in [1.82, 2.24) is 29.5 Å². The van der Waals surface area contributed by atoms with E-state index < -0.39 is 17.5 Å². The molecule has 5 rings (SSSR count). The minimum Gasteiger partial charge on any atom is -0.493 e. The molecule has 1 fully saturated rings. The number of ether oxygens (including phenoxy) is 1. The Labute approximate surface area is 235 Å². The van der Waals surface area contributed by atoms with E-state index in [1.54, 1.807) is 13.1 Å². The topological polar surface area (TPSA) is 118 Å². The lowest BCUT2D eigenvalue weighted by molar-refractivity contribution is -0.130. The van der Waals surface area contributed by atoms with Crippen molar-refractivity contribution in [3.63, 3.8) is 0 Å². The number of carbonyl (C=O) groups is 2. The molecule has 1 saturated heterocycles. The first kappa shape index (κ1) is 27.9. The van der Waals surface area contributed by atoms with Crippen LogP contribution in [0.25, 0.3) is 10.9 Å². The Balaban J connectivity index is 1.13. The van der Waals surface area contributed by atoms with Crippen LogP contribution in [0.2, 0.25) is 0 Å². The number of amides is 2. The summed E-state index contributed by atoms with van der Waals surface area (Å²) >= 11 is 0. The van der Waals surface area contributed by atoms with Crippen molar-refractivity contribution in [2.45, 2.75) is 19.9 Å². The number of piperazine rings is 1. The maximum absolute atomic E-state index is 13.8. The zero-order chi connectivity index (χ0) is 28.8. The highest BCUT2D eigenvalue weighted by molar-refractivity contribution is 5.92. The Hall–Kier alpha value is -4.65. The zero-order valence-corrected chi connectivity index (χ0v) is 22.5. The number of fused-ring (bicyclic) bond motifs is 1. The van der Waals surface area contributed by atoms with E-state index in [0.29, 0.717) is 29.4 Å². The third-order valence-electron chi connectivity index (χ3n) is 6.74. The van der Waals surface area contributed by atoms with E-state index in [2.05, 4.69) is 30.6 Å². The number of halogens is 2. The van der Waals surface area contributed by atoms with E-state index in [1.807, 2.05) is 23.1 Å². The minimum absolute atomic E-state index is 0.128. The summed E-state index contributed by atoms with van der Waals surface area (Å²) in [6.07, 6.45) is 5.45. The number of aromatic nitrogens is 4. The molecule has 11 nitrogen and oxygen atoms in total. The molecule has 13 heteroatoms. The predicted molar refractivity (Wildman–Crippen MR) is 149 cm³/mol. The van der Waals surface area contributed by atoms with Gasteiger partial charge in [-0.15, -0.1) is 0 Å². The van der Waals surface area contributed by atoms with Crippen LogP contribution in [-0.4, -0.2) is 80.7 Å². The standard InChI is InChI=1S/C28H30F2N8O3/c1-19(39)37-11-9-36(10-12-37)8-3-13-41-21-6-7-22-25(14-21)31-18-32-28(22)34-20-15-33-38(16-20)17-26(40)35-24-5-2-4-23(29)27(24)30/h2,4-7,14-16,18H,3,8-13,17H2,1H3,(H,35,40)(H,31,32,34). The summed E-state index contributed by atoms with van der Waals surface area (Å²) in [5.74, 6) is -1.33. The molecule has 0 aliphatic carbocycles. The van der Waals surface area contributed by atoms with Crippen LogP contribution < -0.4 is 15.4 Å². The minimum atomic E-state index is -1.12.